The first kappa shape index (κ1) is 11.3. The van der Waals surface area contributed by atoms with Crippen LogP contribution in [0.1, 0.15) is 17.7 Å². The number of pyridine rings is 1. The number of halogens is 2. The lowest BCUT2D eigenvalue weighted by Crippen LogP contribution is -2.01. The van der Waals surface area contributed by atoms with Crippen LogP contribution in [0.3, 0.4) is 0 Å². The van der Waals surface area contributed by atoms with Crippen LogP contribution in [0, 0.1) is 17.0 Å². The number of aromatic nitrogens is 1. The van der Waals surface area contributed by atoms with Gasteiger partial charge in [-0.3, -0.25) is 10.1 Å². The molecule has 15 heavy (non-hydrogen) atoms. The SMILES string of the molecule is COc1nc(C)c(C(F)F)cc1[N+](=O)[O-]. The topological polar surface area (TPSA) is 65.3 Å². The van der Waals surface area contributed by atoms with E-state index in [-0.39, 0.29) is 11.6 Å². The minimum absolute atomic E-state index is 0.0208. The molecule has 0 atom stereocenters. The van der Waals surface area contributed by atoms with Gasteiger partial charge in [-0.2, -0.15) is 0 Å². The summed E-state index contributed by atoms with van der Waals surface area (Å²) in [6.07, 6.45) is -2.79. The van der Waals surface area contributed by atoms with Crippen LogP contribution in [-0.2, 0) is 0 Å². The molecule has 82 valence electrons. The molecule has 0 amide bonds. The number of hydrogen-bond acceptors (Lipinski definition) is 4. The number of nitro groups is 1. The lowest BCUT2D eigenvalue weighted by molar-refractivity contribution is -0.386. The molecule has 0 aliphatic heterocycles. The Kier molecular flexibility index (Phi) is 3.13. The molecule has 0 saturated carbocycles. The van der Waals surface area contributed by atoms with Gasteiger partial charge in [-0.15, -0.1) is 0 Å². The Balaban J connectivity index is 3.37. The highest BCUT2D eigenvalue weighted by atomic mass is 19.3. The van der Waals surface area contributed by atoms with Crippen molar-refractivity contribution in [1.29, 1.82) is 0 Å². The van der Waals surface area contributed by atoms with Crippen LogP contribution in [0.2, 0.25) is 0 Å². The van der Waals surface area contributed by atoms with Crippen molar-refractivity contribution in [2.24, 2.45) is 0 Å². The zero-order valence-electron chi connectivity index (χ0n) is 8.03. The lowest BCUT2D eigenvalue weighted by atomic mass is 10.2. The smallest absolute Gasteiger partial charge is 0.331 e. The Morgan fingerprint density at radius 1 is 1.60 bits per heavy atom. The minimum atomic E-state index is -2.79. The molecule has 0 radical (unpaired) electrons. The third kappa shape index (κ3) is 2.17. The Morgan fingerprint density at radius 3 is 2.60 bits per heavy atom. The molecule has 1 aromatic rings. The Hall–Kier alpha value is -1.79. The Morgan fingerprint density at radius 2 is 2.20 bits per heavy atom. The summed E-state index contributed by atoms with van der Waals surface area (Å²) >= 11 is 0. The number of nitrogens with zero attached hydrogens (tertiary/aromatic N) is 2. The molecule has 0 aliphatic rings. The van der Waals surface area contributed by atoms with Crippen molar-refractivity contribution in [2.45, 2.75) is 13.3 Å². The Bertz CT molecular complexity index is 396. The fourth-order valence-corrected chi connectivity index (χ4v) is 1.09. The van der Waals surface area contributed by atoms with Gasteiger partial charge in [-0.1, -0.05) is 0 Å². The predicted octanol–water partition coefficient (Wildman–Crippen LogP) is 2.24. The van der Waals surface area contributed by atoms with Gasteiger partial charge in [0.1, 0.15) is 0 Å². The van der Waals surface area contributed by atoms with Crippen molar-refractivity contribution < 1.29 is 18.4 Å². The average molecular weight is 218 g/mol. The molecule has 0 N–H and O–H groups in total. The van der Waals surface area contributed by atoms with Crippen molar-refractivity contribution in [3.05, 3.63) is 27.4 Å². The van der Waals surface area contributed by atoms with Gasteiger partial charge in [0.05, 0.1) is 17.7 Å². The number of rotatable bonds is 3. The van der Waals surface area contributed by atoms with Crippen molar-refractivity contribution in [3.8, 4) is 5.88 Å². The summed E-state index contributed by atoms with van der Waals surface area (Å²) in [5.74, 6) is -0.262. The van der Waals surface area contributed by atoms with Crippen LogP contribution in [-0.4, -0.2) is 17.0 Å². The van der Waals surface area contributed by atoms with Gasteiger partial charge in [-0.25, -0.2) is 13.8 Å². The van der Waals surface area contributed by atoms with Crippen molar-refractivity contribution in [3.63, 3.8) is 0 Å². The highest BCUT2D eigenvalue weighted by molar-refractivity contribution is 5.45. The number of aryl methyl sites for hydroxylation is 1. The molecule has 0 spiro atoms. The second-order valence-corrected chi connectivity index (χ2v) is 2.75. The van der Waals surface area contributed by atoms with E-state index < -0.39 is 22.6 Å². The molecule has 1 heterocycles. The molecule has 0 aliphatic carbocycles. The fraction of sp³-hybridized carbons (Fsp3) is 0.375. The summed E-state index contributed by atoms with van der Waals surface area (Å²) in [7, 11) is 1.19. The van der Waals surface area contributed by atoms with Crippen molar-refractivity contribution in [2.75, 3.05) is 7.11 Å². The maximum Gasteiger partial charge on any atom is 0.331 e. The highest BCUT2D eigenvalue weighted by Crippen LogP contribution is 2.31. The van der Waals surface area contributed by atoms with Gasteiger partial charge in [-0.05, 0) is 6.92 Å². The van der Waals surface area contributed by atoms with E-state index in [2.05, 4.69) is 9.72 Å². The highest BCUT2D eigenvalue weighted by Gasteiger charge is 2.23. The standard InChI is InChI=1S/C8H8F2N2O3/c1-4-5(7(9)10)3-6(12(13)14)8(11-4)15-2/h3,7H,1-2H3. The molecule has 1 aromatic heterocycles. The van der Waals surface area contributed by atoms with E-state index in [1.807, 2.05) is 0 Å². The number of alkyl halides is 2. The van der Waals surface area contributed by atoms with Gasteiger partial charge in [0.2, 0.25) is 0 Å². The molecule has 0 saturated heterocycles. The first-order valence-corrected chi connectivity index (χ1v) is 3.95. The summed E-state index contributed by atoms with van der Waals surface area (Å²) in [6.45, 7) is 1.34. The molecule has 0 fully saturated rings. The molecule has 7 heteroatoms. The maximum absolute atomic E-state index is 12.4. The Labute approximate surface area is 83.8 Å². The molecule has 0 aromatic carbocycles. The molecule has 0 unspecified atom stereocenters. The first-order valence-electron chi connectivity index (χ1n) is 3.95. The third-order valence-corrected chi connectivity index (χ3v) is 1.82. The van der Waals surface area contributed by atoms with Crippen LogP contribution in [0.15, 0.2) is 6.07 Å². The zero-order chi connectivity index (χ0) is 11.6. The molecular weight excluding hydrogens is 210 g/mol. The van der Waals surface area contributed by atoms with Crippen LogP contribution in [0.4, 0.5) is 14.5 Å². The van der Waals surface area contributed by atoms with Gasteiger partial charge in [0.25, 0.3) is 12.3 Å². The summed E-state index contributed by atoms with van der Waals surface area (Å²) < 4.78 is 29.4. The minimum Gasteiger partial charge on any atom is -0.476 e. The third-order valence-electron chi connectivity index (χ3n) is 1.82. The van der Waals surface area contributed by atoms with E-state index in [0.717, 1.165) is 6.07 Å². The van der Waals surface area contributed by atoms with Crippen molar-refractivity contribution >= 4 is 5.69 Å². The molecular formula is C8H8F2N2O3. The second-order valence-electron chi connectivity index (χ2n) is 2.75. The van der Waals surface area contributed by atoms with E-state index >= 15 is 0 Å². The number of ether oxygens (including phenoxy) is 1. The van der Waals surface area contributed by atoms with Gasteiger partial charge >= 0.3 is 5.69 Å². The average Bonchev–Trinajstić information content (AvgIpc) is 2.16. The van der Waals surface area contributed by atoms with Crippen LogP contribution < -0.4 is 4.74 Å². The summed E-state index contributed by atoms with van der Waals surface area (Å²) in [6, 6.07) is 0.784. The summed E-state index contributed by atoms with van der Waals surface area (Å²) in [5, 5.41) is 10.5. The molecule has 1 rings (SSSR count). The van der Waals surface area contributed by atoms with Crippen LogP contribution in [0.5, 0.6) is 5.88 Å². The van der Waals surface area contributed by atoms with Crippen molar-refractivity contribution in [1.82, 2.24) is 4.98 Å². The predicted molar refractivity (Wildman–Crippen MR) is 47.1 cm³/mol. The largest absolute Gasteiger partial charge is 0.476 e. The number of hydrogen-bond donors (Lipinski definition) is 0. The normalized spacial score (nSPS) is 10.5. The quantitative estimate of drug-likeness (QED) is 0.576. The second kappa shape index (κ2) is 4.16. The monoisotopic (exact) mass is 218 g/mol. The number of methoxy groups -OCH3 is 1. The van der Waals surface area contributed by atoms with Crippen LogP contribution in [0.25, 0.3) is 0 Å². The van der Waals surface area contributed by atoms with Gasteiger partial charge < -0.3 is 4.74 Å². The zero-order valence-corrected chi connectivity index (χ0v) is 8.03. The summed E-state index contributed by atoms with van der Waals surface area (Å²) in [5.41, 5.74) is -0.992. The van der Waals surface area contributed by atoms with E-state index in [1.165, 1.54) is 14.0 Å². The van der Waals surface area contributed by atoms with E-state index in [9.17, 15) is 18.9 Å². The maximum atomic E-state index is 12.4. The van der Waals surface area contributed by atoms with E-state index in [4.69, 9.17) is 0 Å². The van der Waals surface area contributed by atoms with E-state index in [0.29, 0.717) is 0 Å². The van der Waals surface area contributed by atoms with E-state index in [1.54, 1.807) is 0 Å². The van der Waals surface area contributed by atoms with Crippen LogP contribution >= 0.6 is 0 Å². The summed E-state index contributed by atoms with van der Waals surface area (Å²) in [4.78, 5) is 13.3. The first-order chi connectivity index (χ1) is 6.97. The lowest BCUT2D eigenvalue weighted by Gasteiger charge is -2.06. The fourth-order valence-electron chi connectivity index (χ4n) is 1.09. The van der Waals surface area contributed by atoms with Gasteiger partial charge in [0.15, 0.2) is 0 Å². The molecule has 0 bridgehead atoms. The van der Waals surface area contributed by atoms with Gasteiger partial charge in [0, 0.05) is 11.6 Å². The molecule has 5 nitrogen and oxygen atoms in total.